The van der Waals surface area contributed by atoms with Gasteiger partial charge in [-0.15, -0.1) is 12.6 Å². The van der Waals surface area contributed by atoms with Gasteiger partial charge < -0.3 is 9.64 Å². The second kappa shape index (κ2) is 14.0. The number of nitrogens with zero attached hydrogens (tertiary/aromatic N) is 4. The fourth-order valence-electron chi connectivity index (χ4n) is 6.28. The lowest BCUT2D eigenvalue weighted by Crippen LogP contribution is -2.60. The summed E-state index contributed by atoms with van der Waals surface area (Å²) in [4.78, 5) is 27.5. The summed E-state index contributed by atoms with van der Waals surface area (Å²) in [7, 11) is 0. The molecule has 2 amide bonds. The first-order valence-electron chi connectivity index (χ1n) is 15.0. The van der Waals surface area contributed by atoms with Crippen molar-refractivity contribution >= 4 is 59.5 Å². The summed E-state index contributed by atoms with van der Waals surface area (Å²) in [6.45, 7) is 10.6. The third-order valence-electron chi connectivity index (χ3n) is 8.91. The number of piperazine rings is 1. The van der Waals surface area contributed by atoms with Gasteiger partial charge in [-0.1, -0.05) is 47.5 Å². The Bertz CT molecular complexity index is 1500. The van der Waals surface area contributed by atoms with E-state index < -0.39 is 11.1 Å². The van der Waals surface area contributed by atoms with Crippen molar-refractivity contribution in [1.82, 2.24) is 14.7 Å². The molecule has 2 atom stereocenters. The van der Waals surface area contributed by atoms with Crippen LogP contribution >= 0.6 is 47.6 Å². The first-order chi connectivity index (χ1) is 21.1. The number of halogens is 2. The van der Waals surface area contributed by atoms with Gasteiger partial charge in [0, 0.05) is 41.1 Å². The molecule has 3 aromatic rings. The van der Waals surface area contributed by atoms with Crippen molar-refractivity contribution in [3.63, 3.8) is 0 Å². The Kier molecular flexibility index (Phi) is 10.5. The van der Waals surface area contributed by atoms with Gasteiger partial charge >= 0.3 is 6.03 Å². The van der Waals surface area contributed by atoms with Gasteiger partial charge in [0.2, 0.25) is 0 Å². The van der Waals surface area contributed by atoms with E-state index in [4.69, 9.17) is 32.9 Å². The summed E-state index contributed by atoms with van der Waals surface area (Å²) in [5, 5.41) is 1.26. The molecular weight excluding hydrogens is 631 g/mol. The van der Waals surface area contributed by atoms with Crippen molar-refractivity contribution in [1.29, 1.82) is 0 Å². The highest BCUT2D eigenvalue weighted by Crippen LogP contribution is 2.54. The van der Waals surface area contributed by atoms with Crippen LogP contribution in [0.15, 0.2) is 76.6 Å². The summed E-state index contributed by atoms with van der Waals surface area (Å²) < 4.78 is 6.11. The van der Waals surface area contributed by atoms with Gasteiger partial charge in [0.1, 0.15) is 22.7 Å². The average molecular weight is 672 g/mol. The summed E-state index contributed by atoms with van der Waals surface area (Å²) >= 11 is 19.3. The molecule has 10 heteroatoms. The number of amides is 2. The Morgan fingerprint density at radius 1 is 0.955 bits per heavy atom. The van der Waals surface area contributed by atoms with E-state index in [2.05, 4.69) is 37.6 Å². The van der Waals surface area contributed by atoms with Gasteiger partial charge in [-0.05, 0) is 99.3 Å². The lowest BCUT2D eigenvalue weighted by Gasteiger charge is -2.47. The Labute approximate surface area is 281 Å². The van der Waals surface area contributed by atoms with E-state index in [1.807, 2.05) is 95.2 Å². The van der Waals surface area contributed by atoms with E-state index in [9.17, 15) is 4.79 Å². The maximum absolute atomic E-state index is 15.0. The Balaban J connectivity index is 1.67. The molecule has 6 nitrogen and oxygen atoms in total. The fraction of sp³-hybridized carbons (Fsp3) is 0.412. The first kappa shape index (κ1) is 33.0. The lowest BCUT2D eigenvalue weighted by atomic mass is 9.71. The molecule has 0 aromatic heterocycles. The van der Waals surface area contributed by atoms with Crippen LogP contribution in [0.25, 0.3) is 0 Å². The molecule has 0 N–H and O–H groups in total. The molecule has 5 rings (SSSR count). The third-order valence-corrected chi connectivity index (χ3v) is 10.4. The van der Waals surface area contributed by atoms with E-state index in [1.54, 1.807) is 0 Å². The second-order valence-electron chi connectivity index (χ2n) is 11.5. The van der Waals surface area contributed by atoms with Gasteiger partial charge in [0.05, 0.1) is 12.2 Å². The van der Waals surface area contributed by atoms with Crippen LogP contribution in [0.3, 0.4) is 0 Å². The minimum absolute atomic E-state index is 0.0883. The van der Waals surface area contributed by atoms with Gasteiger partial charge in [-0.2, -0.15) is 11.8 Å². The molecule has 1 fully saturated rings. The number of aliphatic imine (C=N–C) groups is 1. The third kappa shape index (κ3) is 6.34. The van der Waals surface area contributed by atoms with Gasteiger partial charge in [0.15, 0.2) is 0 Å². The minimum Gasteiger partial charge on any atom is -0.493 e. The molecule has 1 saturated heterocycles. The molecular formula is C34H40Cl2N4O2S2. The number of benzene rings is 3. The zero-order chi connectivity index (χ0) is 31.5. The molecule has 0 saturated carbocycles. The van der Waals surface area contributed by atoms with Crippen molar-refractivity contribution in [2.45, 2.75) is 43.2 Å². The Morgan fingerprint density at radius 2 is 1.57 bits per heavy atom. The van der Waals surface area contributed by atoms with Crippen LogP contribution in [-0.2, 0) is 11.1 Å². The molecule has 0 radical (unpaired) electrons. The second-order valence-corrected chi connectivity index (χ2v) is 13.9. The van der Waals surface area contributed by atoms with Crippen LogP contribution in [-0.4, -0.2) is 77.9 Å². The van der Waals surface area contributed by atoms with E-state index in [0.717, 1.165) is 53.4 Å². The number of amidine groups is 1. The molecule has 0 bridgehead atoms. The van der Waals surface area contributed by atoms with E-state index in [0.29, 0.717) is 41.3 Å². The number of ether oxygens (including phenoxy) is 1. The highest BCUT2D eigenvalue weighted by atomic mass is 35.5. The smallest absolute Gasteiger partial charge is 0.326 e. The molecule has 0 spiro atoms. The molecule has 0 unspecified atom stereocenters. The molecule has 3 aromatic carbocycles. The van der Waals surface area contributed by atoms with Crippen LogP contribution in [0, 0.1) is 0 Å². The molecule has 2 aliphatic rings. The van der Waals surface area contributed by atoms with Gasteiger partial charge in [0.25, 0.3) is 0 Å². The maximum Gasteiger partial charge on any atom is 0.326 e. The molecule has 2 aliphatic heterocycles. The van der Waals surface area contributed by atoms with Crippen LogP contribution in [0.4, 0.5) is 4.79 Å². The Morgan fingerprint density at radius 3 is 2.16 bits per heavy atom. The van der Waals surface area contributed by atoms with Gasteiger partial charge in [-0.3, -0.25) is 14.8 Å². The van der Waals surface area contributed by atoms with E-state index >= 15 is 0 Å². The number of thiol groups is 1. The quantitative estimate of drug-likeness (QED) is 0.185. The van der Waals surface area contributed by atoms with Gasteiger partial charge in [-0.25, -0.2) is 4.79 Å². The van der Waals surface area contributed by atoms with Crippen molar-refractivity contribution in [2.75, 3.05) is 51.3 Å². The SMILES string of the molecule is CCOc1ccc(S)cc1C1=N[C@@](C)(c2ccc(Cl)cc2)[C@@](C)(c2ccc(Cl)cc2)N1C(=O)N1CCN(CCCSC)CC1. The molecule has 2 heterocycles. The molecule has 44 heavy (non-hydrogen) atoms. The lowest BCUT2D eigenvalue weighted by molar-refractivity contribution is 0.0868. The largest absolute Gasteiger partial charge is 0.493 e. The summed E-state index contributed by atoms with van der Waals surface area (Å²) in [6.07, 6.45) is 3.29. The Hall–Kier alpha value is -2.36. The summed E-state index contributed by atoms with van der Waals surface area (Å²) in [5.41, 5.74) is 0.740. The number of thioether (sulfide) groups is 1. The minimum atomic E-state index is -0.941. The monoisotopic (exact) mass is 670 g/mol. The topological polar surface area (TPSA) is 48.4 Å². The number of hydrogen-bond donors (Lipinski definition) is 1. The molecule has 0 aliphatic carbocycles. The van der Waals surface area contributed by atoms with Crippen molar-refractivity contribution < 1.29 is 9.53 Å². The van der Waals surface area contributed by atoms with Crippen LogP contribution in [0.5, 0.6) is 5.75 Å². The molecule has 234 valence electrons. The van der Waals surface area contributed by atoms with E-state index in [-0.39, 0.29) is 6.03 Å². The number of rotatable bonds is 9. The normalized spacial score (nSPS) is 22.3. The highest BCUT2D eigenvalue weighted by Gasteiger charge is 2.60. The van der Waals surface area contributed by atoms with Crippen molar-refractivity contribution in [2.24, 2.45) is 4.99 Å². The van der Waals surface area contributed by atoms with Crippen LogP contribution in [0.1, 0.15) is 43.9 Å². The average Bonchev–Trinajstić information content (AvgIpc) is 3.27. The van der Waals surface area contributed by atoms with E-state index in [1.165, 1.54) is 0 Å². The zero-order valence-corrected chi connectivity index (χ0v) is 28.9. The van der Waals surface area contributed by atoms with Crippen molar-refractivity contribution in [3.05, 3.63) is 93.5 Å². The van der Waals surface area contributed by atoms with Crippen LogP contribution in [0.2, 0.25) is 10.0 Å². The highest BCUT2D eigenvalue weighted by molar-refractivity contribution is 7.98. The number of urea groups is 1. The summed E-state index contributed by atoms with van der Waals surface area (Å²) in [5.74, 6) is 2.34. The number of hydrogen-bond acceptors (Lipinski definition) is 6. The van der Waals surface area contributed by atoms with Crippen molar-refractivity contribution in [3.8, 4) is 5.75 Å². The number of carbonyl (C=O) groups is 1. The zero-order valence-electron chi connectivity index (χ0n) is 25.7. The van der Waals surface area contributed by atoms with Crippen LogP contribution < -0.4 is 4.74 Å². The predicted octanol–water partition coefficient (Wildman–Crippen LogP) is 8.06. The maximum atomic E-state index is 15.0. The number of carbonyl (C=O) groups excluding carboxylic acids is 1. The standard InChI is InChI=1S/C34H40Cl2N4O2S2/c1-5-42-30-16-15-28(43)23-29(30)31-37-33(2,24-7-11-26(35)12-8-24)34(3,25-9-13-27(36)14-10-25)40(31)32(41)39-20-18-38(19-21-39)17-6-22-44-4/h7-16,23,43H,5-6,17-22H2,1-4H3/t33-,34+/m0/s1. The first-order valence-corrected chi connectivity index (χ1v) is 17.6. The fourth-order valence-corrected chi connectivity index (χ4v) is 7.15. The predicted molar refractivity (Wildman–Crippen MR) is 187 cm³/mol. The summed E-state index contributed by atoms with van der Waals surface area (Å²) in [6, 6.07) is 21.1.